The van der Waals surface area contributed by atoms with E-state index in [1.807, 2.05) is 0 Å². The first-order valence-corrected chi connectivity index (χ1v) is 5.49. The number of rotatable bonds is 3. The highest BCUT2D eigenvalue weighted by molar-refractivity contribution is 7.80. The van der Waals surface area contributed by atoms with Crippen molar-refractivity contribution >= 4 is 23.2 Å². The van der Waals surface area contributed by atoms with Crippen LogP contribution in [0.2, 0.25) is 0 Å². The molecule has 0 aromatic rings. The van der Waals surface area contributed by atoms with Gasteiger partial charge in [0.25, 0.3) is 5.91 Å². The zero-order chi connectivity index (χ0) is 11.1. The van der Waals surface area contributed by atoms with E-state index in [4.69, 9.17) is 12.2 Å². The van der Waals surface area contributed by atoms with Crippen LogP contribution < -0.4 is 0 Å². The highest BCUT2D eigenvalue weighted by Crippen LogP contribution is 2.35. The Labute approximate surface area is 94.2 Å². The Kier molecular flexibility index (Phi) is 2.52. The molecule has 0 bridgehead atoms. The zero-order valence-electron chi connectivity index (χ0n) is 8.48. The van der Waals surface area contributed by atoms with Crippen molar-refractivity contribution < 1.29 is 9.90 Å². The molecule has 2 heterocycles. The Bertz CT molecular complexity index is 331. The summed E-state index contributed by atoms with van der Waals surface area (Å²) in [5.41, 5.74) is -1.35. The summed E-state index contributed by atoms with van der Waals surface area (Å²) in [6.07, 6.45) is 3.73. The maximum atomic E-state index is 11.9. The van der Waals surface area contributed by atoms with E-state index in [-0.39, 0.29) is 5.91 Å². The second-order valence-electron chi connectivity index (χ2n) is 3.89. The quantitative estimate of drug-likeness (QED) is 0.561. The minimum Gasteiger partial charge on any atom is -0.363 e. The van der Waals surface area contributed by atoms with Crippen LogP contribution in [0.25, 0.3) is 0 Å². The number of fused-ring (bicyclic) bond motifs is 1. The molecule has 5 heteroatoms. The molecular weight excluding hydrogens is 212 g/mol. The van der Waals surface area contributed by atoms with Gasteiger partial charge in [0.2, 0.25) is 5.72 Å². The maximum absolute atomic E-state index is 11.9. The molecule has 0 spiro atoms. The fraction of sp³-hybridized carbons (Fsp3) is 0.600. The lowest BCUT2D eigenvalue weighted by molar-refractivity contribution is -0.149. The van der Waals surface area contributed by atoms with Crippen LogP contribution in [0.15, 0.2) is 12.7 Å². The van der Waals surface area contributed by atoms with Crippen molar-refractivity contribution in [2.75, 3.05) is 13.1 Å². The van der Waals surface area contributed by atoms with Crippen molar-refractivity contribution in [3.05, 3.63) is 12.7 Å². The first-order chi connectivity index (χ1) is 7.11. The lowest BCUT2D eigenvalue weighted by Crippen LogP contribution is -2.44. The van der Waals surface area contributed by atoms with Crippen LogP contribution in [0.1, 0.15) is 19.3 Å². The largest absolute Gasteiger partial charge is 0.363 e. The third kappa shape index (κ3) is 1.38. The fourth-order valence-corrected chi connectivity index (χ4v) is 2.56. The molecule has 2 fully saturated rings. The van der Waals surface area contributed by atoms with E-state index in [1.165, 1.54) is 4.90 Å². The third-order valence-electron chi connectivity index (χ3n) is 2.96. The molecule has 4 nitrogen and oxygen atoms in total. The van der Waals surface area contributed by atoms with Gasteiger partial charge in [-0.2, -0.15) is 0 Å². The number of nitrogens with zero attached hydrogens (tertiary/aromatic N) is 2. The van der Waals surface area contributed by atoms with Crippen LogP contribution in [0, 0.1) is 0 Å². The van der Waals surface area contributed by atoms with Crippen molar-refractivity contribution in [2.24, 2.45) is 0 Å². The van der Waals surface area contributed by atoms with Gasteiger partial charge >= 0.3 is 0 Å². The van der Waals surface area contributed by atoms with E-state index in [2.05, 4.69) is 6.58 Å². The summed E-state index contributed by atoms with van der Waals surface area (Å²) >= 11 is 5.18. The first kappa shape index (κ1) is 10.6. The third-order valence-corrected chi connectivity index (χ3v) is 3.40. The Balaban J connectivity index is 2.20. The maximum Gasteiger partial charge on any atom is 0.282 e. The van der Waals surface area contributed by atoms with Crippen LogP contribution in [0.5, 0.6) is 0 Å². The normalized spacial score (nSPS) is 29.9. The van der Waals surface area contributed by atoms with Crippen molar-refractivity contribution in [1.29, 1.82) is 0 Å². The van der Waals surface area contributed by atoms with Crippen molar-refractivity contribution in [2.45, 2.75) is 25.0 Å². The summed E-state index contributed by atoms with van der Waals surface area (Å²) in [4.78, 5) is 15.1. The number of carbonyl (C=O) groups excluding carboxylic acids is 1. The van der Waals surface area contributed by atoms with Crippen LogP contribution in [-0.2, 0) is 4.79 Å². The molecule has 0 saturated carbocycles. The highest BCUT2D eigenvalue weighted by Gasteiger charge is 2.56. The van der Waals surface area contributed by atoms with Crippen molar-refractivity contribution in [3.8, 4) is 0 Å². The second kappa shape index (κ2) is 3.57. The Hall–Kier alpha value is -0.940. The molecule has 2 rings (SSSR count). The summed E-state index contributed by atoms with van der Waals surface area (Å²) in [6, 6.07) is 0. The van der Waals surface area contributed by atoms with Crippen LogP contribution >= 0.6 is 12.2 Å². The molecule has 2 aliphatic heterocycles. The molecule has 1 N–H and O–H groups in total. The van der Waals surface area contributed by atoms with E-state index >= 15 is 0 Å². The number of carbonyl (C=O) groups is 1. The summed E-state index contributed by atoms with van der Waals surface area (Å²) in [5.74, 6) is -0.271. The molecule has 1 atom stereocenters. The number of aliphatic hydroxyl groups is 1. The van der Waals surface area contributed by atoms with Gasteiger partial charge in [-0.3, -0.25) is 9.69 Å². The molecule has 82 valence electrons. The lowest BCUT2D eigenvalue weighted by Gasteiger charge is -2.22. The summed E-state index contributed by atoms with van der Waals surface area (Å²) < 4.78 is 0. The Morgan fingerprint density at radius 3 is 3.00 bits per heavy atom. The molecule has 2 saturated heterocycles. The van der Waals surface area contributed by atoms with E-state index in [1.54, 1.807) is 11.0 Å². The fourth-order valence-electron chi connectivity index (χ4n) is 2.15. The summed E-state index contributed by atoms with van der Waals surface area (Å²) in [6.45, 7) is 4.79. The van der Waals surface area contributed by atoms with Gasteiger partial charge in [0.1, 0.15) is 0 Å². The van der Waals surface area contributed by atoms with Crippen LogP contribution in [0.4, 0.5) is 0 Å². The molecule has 0 aliphatic carbocycles. The first-order valence-electron chi connectivity index (χ1n) is 5.08. The standard InChI is InChI=1S/C10H14N2O2S/c1-2-3-6-11-8(13)10(14)5-4-7-12(10)9(11)15/h2,14H,1,3-7H2/t10-/m1/s1. The van der Waals surface area contributed by atoms with E-state index in [0.717, 1.165) is 6.42 Å². The van der Waals surface area contributed by atoms with Gasteiger partial charge in [-0.25, -0.2) is 0 Å². The van der Waals surface area contributed by atoms with Gasteiger partial charge in [0.15, 0.2) is 5.11 Å². The van der Waals surface area contributed by atoms with E-state index in [9.17, 15) is 9.90 Å². The van der Waals surface area contributed by atoms with Gasteiger partial charge in [-0.05, 0) is 25.1 Å². The van der Waals surface area contributed by atoms with E-state index in [0.29, 0.717) is 31.0 Å². The molecule has 0 radical (unpaired) electrons. The molecular formula is C10H14N2O2S. The smallest absolute Gasteiger partial charge is 0.282 e. The Morgan fingerprint density at radius 1 is 1.67 bits per heavy atom. The number of hydrogen-bond donors (Lipinski definition) is 1. The molecule has 0 aromatic carbocycles. The highest BCUT2D eigenvalue weighted by atomic mass is 32.1. The summed E-state index contributed by atoms with van der Waals surface area (Å²) in [7, 11) is 0. The Morgan fingerprint density at radius 2 is 2.40 bits per heavy atom. The van der Waals surface area contributed by atoms with E-state index < -0.39 is 5.72 Å². The minimum atomic E-state index is -1.35. The monoisotopic (exact) mass is 226 g/mol. The minimum absolute atomic E-state index is 0.271. The second-order valence-corrected chi connectivity index (χ2v) is 4.25. The zero-order valence-corrected chi connectivity index (χ0v) is 9.29. The average Bonchev–Trinajstić information content (AvgIpc) is 2.67. The van der Waals surface area contributed by atoms with Gasteiger partial charge < -0.3 is 10.0 Å². The van der Waals surface area contributed by atoms with Gasteiger partial charge in [0.05, 0.1) is 0 Å². The number of hydrogen-bond acceptors (Lipinski definition) is 3. The lowest BCUT2D eigenvalue weighted by atomic mass is 10.1. The molecule has 15 heavy (non-hydrogen) atoms. The molecule has 2 aliphatic rings. The van der Waals surface area contributed by atoms with Gasteiger partial charge in [0, 0.05) is 19.5 Å². The molecule has 0 unspecified atom stereocenters. The number of thiocarbonyl (C=S) groups is 1. The van der Waals surface area contributed by atoms with Crippen LogP contribution in [0.3, 0.4) is 0 Å². The van der Waals surface area contributed by atoms with Crippen LogP contribution in [-0.4, -0.2) is 44.7 Å². The van der Waals surface area contributed by atoms with Crippen molar-refractivity contribution in [3.63, 3.8) is 0 Å². The van der Waals surface area contributed by atoms with Gasteiger partial charge in [-0.15, -0.1) is 6.58 Å². The number of amides is 1. The van der Waals surface area contributed by atoms with Gasteiger partial charge in [-0.1, -0.05) is 6.08 Å². The molecule has 1 amide bonds. The van der Waals surface area contributed by atoms with Crippen molar-refractivity contribution in [1.82, 2.24) is 9.80 Å². The predicted octanol–water partition coefficient (Wildman–Crippen LogP) is 0.474. The predicted molar refractivity (Wildman–Crippen MR) is 60.0 cm³/mol. The topological polar surface area (TPSA) is 43.8 Å². The average molecular weight is 226 g/mol. The summed E-state index contributed by atoms with van der Waals surface area (Å²) in [5, 5.41) is 10.6. The molecule has 0 aromatic heterocycles. The SMILES string of the molecule is C=CCCN1C(=O)[C@]2(O)CCCN2C1=S.